The van der Waals surface area contributed by atoms with E-state index < -0.39 is 0 Å². The van der Waals surface area contributed by atoms with Gasteiger partial charge in [-0.2, -0.15) is 0 Å². The van der Waals surface area contributed by atoms with Crippen molar-refractivity contribution in [1.29, 1.82) is 0 Å². The molecule has 0 fully saturated rings. The van der Waals surface area contributed by atoms with Crippen LogP contribution in [0.1, 0.15) is 12.5 Å². The van der Waals surface area contributed by atoms with Gasteiger partial charge in [0.15, 0.2) is 0 Å². The van der Waals surface area contributed by atoms with Crippen molar-refractivity contribution in [3.05, 3.63) is 48.7 Å². The van der Waals surface area contributed by atoms with E-state index >= 15 is 0 Å². The first-order chi connectivity index (χ1) is 8.76. The molecule has 0 unspecified atom stereocenters. The lowest BCUT2D eigenvalue weighted by atomic mass is 10.1. The number of carbonyl (C=O) groups is 1. The fraction of sp³-hybridized carbons (Fsp3) is 0.267. The van der Waals surface area contributed by atoms with E-state index in [4.69, 9.17) is 0 Å². The zero-order chi connectivity index (χ0) is 13.0. The van der Waals surface area contributed by atoms with Gasteiger partial charge in [-0.1, -0.05) is 24.3 Å². The monoisotopic (exact) mass is 242 g/mol. The highest BCUT2D eigenvalue weighted by atomic mass is 16.2. The number of hydrogen-bond donors (Lipinski definition) is 1. The molecule has 0 aliphatic heterocycles. The Morgan fingerprint density at radius 1 is 1.44 bits per heavy atom. The molecule has 0 spiro atoms. The normalized spacial score (nSPS) is 10.5. The van der Waals surface area contributed by atoms with Crippen LogP contribution in [-0.4, -0.2) is 28.9 Å². The van der Waals surface area contributed by atoms with Crippen molar-refractivity contribution >= 4 is 16.8 Å². The molecule has 0 saturated carbocycles. The first kappa shape index (κ1) is 12.4. The number of benzene rings is 1. The standard InChI is InChI=1S/C15H18N2O/c1-3-9-17(4-2)15(18)10-12-11-16-14-8-6-5-7-13(12)14/h3,5-8,11,16H,1,4,9-10H2,2H3. The fourth-order valence-corrected chi connectivity index (χ4v) is 2.12. The van der Waals surface area contributed by atoms with E-state index in [1.165, 1.54) is 0 Å². The first-order valence-electron chi connectivity index (χ1n) is 6.20. The molecule has 1 aromatic carbocycles. The predicted octanol–water partition coefficient (Wildman–Crippen LogP) is 2.74. The Morgan fingerprint density at radius 2 is 2.22 bits per heavy atom. The first-order valence-corrected chi connectivity index (χ1v) is 6.20. The molecule has 18 heavy (non-hydrogen) atoms. The van der Waals surface area contributed by atoms with Crippen LogP contribution in [0.15, 0.2) is 43.1 Å². The average molecular weight is 242 g/mol. The maximum absolute atomic E-state index is 12.1. The van der Waals surface area contributed by atoms with Gasteiger partial charge in [-0.15, -0.1) is 6.58 Å². The summed E-state index contributed by atoms with van der Waals surface area (Å²) in [7, 11) is 0. The third kappa shape index (κ3) is 2.45. The molecule has 0 saturated heterocycles. The number of hydrogen-bond acceptors (Lipinski definition) is 1. The summed E-state index contributed by atoms with van der Waals surface area (Å²) in [5.41, 5.74) is 2.13. The van der Waals surface area contributed by atoms with E-state index in [1.54, 1.807) is 11.0 Å². The number of nitrogens with zero attached hydrogens (tertiary/aromatic N) is 1. The summed E-state index contributed by atoms with van der Waals surface area (Å²) in [6.07, 6.45) is 4.12. The number of carbonyl (C=O) groups excluding carboxylic acids is 1. The summed E-state index contributed by atoms with van der Waals surface area (Å²) in [5.74, 6) is 0.141. The van der Waals surface area contributed by atoms with Crippen molar-refractivity contribution in [2.24, 2.45) is 0 Å². The Morgan fingerprint density at radius 3 is 2.94 bits per heavy atom. The van der Waals surface area contributed by atoms with Crippen LogP contribution in [0.3, 0.4) is 0 Å². The molecule has 3 heteroatoms. The minimum atomic E-state index is 0.141. The molecule has 0 aliphatic rings. The highest BCUT2D eigenvalue weighted by Crippen LogP contribution is 2.18. The largest absolute Gasteiger partial charge is 0.361 e. The minimum Gasteiger partial charge on any atom is -0.361 e. The summed E-state index contributed by atoms with van der Waals surface area (Å²) in [4.78, 5) is 17.1. The molecule has 2 rings (SSSR count). The Hall–Kier alpha value is -2.03. The number of rotatable bonds is 5. The lowest BCUT2D eigenvalue weighted by Crippen LogP contribution is -2.32. The van der Waals surface area contributed by atoms with Gasteiger partial charge in [0.1, 0.15) is 0 Å². The summed E-state index contributed by atoms with van der Waals surface area (Å²) in [6.45, 7) is 6.98. The van der Waals surface area contributed by atoms with E-state index in [9.17, 15) is 4.79 Å². The Bertz CT molecular complexity index is 556. The molecule has 1 aromatic heterocycles. The Balaban J connectivity index is 2.18. The van der Waals surface area contributed by atoms with Crippen molar-refractivity contribution in [3.63, 3.8) is 0 Å². The molecule has 0 atom stereocenters. The zero-order valence-electron chi connectivity index (χ0n) is 10.6. The van der Waals surface area contributed by atoms with Gasteiger partial charge < -0.3 is 9.88 Å². The number of aromatic nitrogens is 1. The topological polar surface area (TPSA) is 36.1 Å². The Labute approximate surface area is 107 Å². The van der Waals surface area contributed by atoms with Crippen LogP contribution in [0.4, 0.5) is 0 Å². The van der Waals surface area contributed by atoms with Crippen molar-refractivity contribution in [2.75, 3.05) is 13.1 Å². The van der Waals surface area contributed by atoms with E-state index in [0.29, 0.717) is 19.5 Å². The molecular weight excluding hydrogens is 224 g/mol. The number of H-pyrrole nitrogens is 1. The van der Waals surface area contributed by atoms with Gasteiger partial charge in [-0.3, -0.25) is 4.79 Å². The molecule has 2 aromatic rings. The highest BCUT2D eigenvalue weighted by molar-refractivity contribution is 5.88. The highest BCUT2D eigenvalue weighted by Gasteiger charge is 2.13. The molecular formula is C15H18N2O. The van der Waals surface area contributed by atoms with Crippen LogP contribution in [-0.2, 0) is 11.2 Å². The van der Waals surface area contributed by atoms with Gasteiger partial charge in [-0.25, -0.2) is 0 Å². The summed E-state index contributed by atoms with van der Waals surface area (Å²) >= 11 is 0. The number of para-hydroxylation sites is 1. The maximum Gasteiger partial charge on any atom is 0.227 e. The number of nitrogens with one attached hydrogen (secondary N) is 1. The van der Waals surface area contributed by atoms with E-state index in [2.05, 4.69) is 11.6 Å². The SMILES string of the molecule is C=CCN(CC)C(=O)Cc1c[nH]c2ccccc12. The summed E-state index contributed by atoms with van der Waals surface area (Å²) in [5, 5.41) is 1.13. The smallest absolute Gasteiger partial charge is 0.227 e. The second-order valence-electron chi connectivity index (χ2n) is 4.26. The number of aromatic amines is 1. The van der Waals surface area contributed by atoms with Gasteiger partial charge >= 0.3 is 0 Å². The van der Waals surface area contributed by atoms with Crippen molar-refractivity contribution < 1.29 is 4.79 Å². The van der Waals surface area contributed by atoms with Crippen molar-refractivity contribution in [3.8, 4) is 0 Å². The molecule has 0 aliphatic carbocycles. The molecule has 1 amide bonds. The van der Waals surface area contributed by atoms with Crippen molar-refractivity contribution in [2.45, 2.75) is 13.3 Å². The van der Waals surface area contributed by atoms with Crippen LogP contribution in [0.5, 0.6) is 0 Å². The number of likely N-dealkylation sites (N-methyl/N-ethyl adjacent to an activating group) is 1. The van der Waals surface area contributed by atoms with Crippen LogP contribution >= 0.6 is 0 Å². The van der Waals surface area contributed by atoms with Crippen LogP contribution in [0.25, 0.3) is 10.9 Å². The van der Waals surface area contributed by atoms with Gasteiger partial charge in [0.25, 0.3) is 0 Å². The quantitative estimate of drug-likeness (QED) is 0.804. The summed E-state index contributed by atoms with van der Waals surface area (Å²) < 4.78 is 0. The second kappa shape index (κ2) is 5.54. The third-order valence-corrected chi connectivity index (χ3v) is 3.10. The van der Waals surface area contributed by atoms with Crippen LogP contribution in [0.2, 0.25) is 0 Å². The number of fused-ring (bicyclic) bond motifs is 1. The van der Waals surface area contributed by atoms with Crippen LogP contribution in [0, 0.1) is 0 Å². The lowest BCUT2D eigenvalue weighted by molar-refractivity contribution is -0.129. The van der Waals surface area contributed by atoms with E-state index in [0.717, 1.165) is 16.5 Å². The molecule has 1 heterocycles. The Kier molecular flexibility index (Phi) is 3.82. The minimum absolute atomic E-state index is 0.141. The van der Waals surface area contributed by atoms with Gasteiger partial charge in [0.2, 0.25) is 5.91 Å². The average Bonchev–Trinajstić information content (AvgIpc) is 2.79. The predicted molar refractivity (Wildman–Crippen MR) is 74.5 cm³/mol. The molecule has 3 nitrogen and oxygen atoms in total. The van der Waals surface area contributed by atoms with Gasteiger partial charge in [0, 0.05) is 30.2 Å². The lowest BCUT2D eigenvalue weighted by Gasteiger charge is -2.18. The molecule has 0 radical (unpaired) electrons. The zero-order valence-corrected chi connectivity index (χ0v) is 10.6. The van der Waals surface area contributed by atoms with Crippen LogP contribution < -0.4 is 0 Å². The summed E-state index contributed by atoms with van der Waals surface area (Å²) in [6, 6.07) is 8.04. The number of amides is 1. The molecule has 0 bridgehead atoms. The third-order valence-electron chi connectivity index (χ3n) is 3.10. The fourth-order valence-electron chi connectivity index (χ4n) is 2.12. The van der Waals surface area contributed by atoms with Crippen molar-refractivity contribution in [1.82, 2.24) is 9.88 Å². The van der Waals surface area contributed by atoms with E-state index in [-0.39, 0.29) is 5.91 Å². The molecule has 94 valence electrons. The second-order valence-corrected chi connectivity index (χ2v) is 4.26. The van der Waals surface area contributed by atoms with Gasteiger partial charge in [0.05, 0.1) is 6.42 Å². The van der Waals surface area contributed by atoms with Gasteiger partial charge in [-0.05, 0) is 18.6 Å². The maximum atomic E-state index is 12.1. The van der Waals surface area contributed by atoms with E-state index in [1.807, 2.05) is 37.4 Å². The molecule has 1 N–H and O–H groups in total.